The van der Waals surface area contributed by atoms with E-state index in [-0.39, 0.29) is 0 Å². The average molecular weight is 292 g/mol. The summed E-state index contributed by atoms with van der Waals surface area (Å²) in [6.07, 6.45) is 1.50. The zero-order valence-electron chi connectivity index (χ0n) is 11.4. The van der Waals surface area contributed by atoms with Gasteiger partial charge in [0.05, 0.1) is 19.8 Å². The lowest BCUT2D eigenvalue weighted by atomic mass is 10.00. The summed E-state index contributed by atoms with van der Waals surface area (Å²) in [5, 5.41) is 0.561. The van der Waals surface area contributed by atoms with Gasteiger partial charge in [-0.2, -0.15) is 0 Å². The second-order valence-electron chi connectivity index (χ2n) is 4.21. The molecule has 0 amide bonds. The summed E-state index contributed by atoms with van der Waals surface area (Å²) < 4.78 is 10.1. The molecule has 1 aromatic heterocycles. The molecule has 1 aromatic carbocycles. The third-order valence-corrected chi connectivity index (χ3v) is 3.13. The maximum atomic E-state index is 11.9. The molecule has 0 radical (unpaired) electrons. The minimum absolute atomic E-state index is 0.374. The van der Waals surface area contributed by atoms with E-state index >= 15 is 0 Å². The zero-order chi connectivity index (χ0) is 14.7. The highest BCUT2D eigenvalue weighted by molar-refractivity contribution is 6.31. The van der Waals surface area contributed by atoms with Crippen molar-refractivity contribution >= 4 is 17.6 Å². The second-order valence-corrected chi connectivity index (χ2v) is 4.64. The SMILES string of the molecule is COC(=O)c1cnc(C)cc1-c1cc(Cl)ccc1OC. The Morgan fingerprint density at radius 3 is 2.60 bits per heavy atom. The van der Waals surface area contributed by atoms with E-state index in [1.54, 1.807) is 31.4 Å². The molecule has 0 aliphatic carbocycles. The van der Waals surface area contributed by atoms with Crippen molar-refractivity contribution in [1.82, 2.24) is 4.98 Å². The summed E-state index contributed by atoms with van der Waals surface area (Å²) in [6.45, 7) is 1.85. The van der Waals surface area contributed by atoms with E-state index in [4.69, 9.17) is 21.1 Å². The van der Waals surface area contributed by atoms with Crippen LogP contribution in [0.1, 0.15) is 16.1 Å². The van der Waals surface area contributed by atoms with Crippen molar-refractivity contribution in [2.45, 2.75) is 6.92 Å². The van der Waals surface area contributed by atoms with Crippen molar-refractivity contribution < 1.29 is 14.3 Å². The maximum Gasteiger partial charge on any atom is 0.340 e. The van der Waals surface area contributed by atoms with Crippen molar-refractivity contribution in [1.29, 1.82) is 0 Å². The minimum atomic E-state index is -0.450. The molecule has 0 fully saturated rings. The van der Waals surface area contributed by atoms with E-state index in [0.29, 0.717) is 21.9 Å². The van der Waals surface area contributed by atoms with E-state index < -0.39 is 5.97 Å². The average Bonchev–Trinajstić information content (AvgIpc) is 2.46. The number of esters is 1. The number of hydrogen-bond donors (Lipinski definition) is 0. The third kappa shape index (κ3) is 2.75. The Hall–Kier alpha value is -2.07. The van der Waals surface area contributed by atoms with Gasteiger partial charge in [0.1, 0.15) is 5.75 Å². The van der Waals surface area contributed by atoms with Crippen LogP contribution in [0.4, 0.5) is 0 Å². The number of carbonyl (C=O) groups excluding carboxylic acids is 1. The predicted molar refractivity (Wildman–Crippen MR) is 77.3 cm³/mol. The van der Waals surface area contributed by atoms with Crippen LogP contribution in [0, 0.1) is 6.92 Å². The van der Waals surface area contributed by atoms with Crippen LogP contribution in [-0.2, 0) is 4.74 Å². The Morgan fingerprint density at radius 1 is 1.20 bits per heavy atom. The van der Waals surface area contributed by atoms with Gasteiger partial charge in [-0.05, 0) is 31.2 Å². The van der Waals surface area contributed by atoms with Gasteiger partial charge in [-0.1, -0.05) is 11.6 Å². The zero-order valence-corrected chi connectivity index (χ0v) is 12.2. The van der Waals surface area contributed by atoms with Crippen molar-refractivity contribution in [3.05, 3.63) is 46.7 Å². The standard InChI is InChI=1S/C15H14ClNO3/c1-9-6-11(13(8-17-9)15(18)20-3)12-7-10(16)4-5-14(12)19-2/h4-8H,1-3H3. The fourth-order valence-electron chi connectivity index (χ4n) is 1.95. The Balaban J connectivity index is 2.71. The molecule has 0 spiro atoms. The van der Waals surface area contributed by atoms with E-state index in [9.17, 15) is 4.79 Å². The molecule has 0 unspecified atom stereocenters. The molecule has 2 aromatic rings. The quantitative estimate of drug-likeness (QED) is 0.812. The molecule has 0 aliphatic rings. The topological polar surface area (TPSA) is 48.4 Å². The molecule has 2 rings (SSSR count). The highest BCUT2D eigenvalue weighted by Crippen LogP contribution is 2.34. The van der Waals surface area contributed by atoms with Crippen molar-refractivity contribution in [2.24, 2.45) is 0 Å². The van der Waals surface area contributed by atoms with Crippen molar-refractivity contribution in [3.63, 3.8) is 0 Å². The van der Waals surface area contributed by atoms with E-state index in [2.05, 4.69) is 4.98 Å². The number of nitrogens with zero attached hydrogens (tertiary/aromatic N) is 1. The number of ether oxygens (including phenoxy) is 2. The van der Waals surface area contributed by atoms with E-state index in [0.717, 1.165) is 11.3 Å². The van der Waals surface area contributed by atoms with Crippen LogP contribution in [0.15, 0.2) is 30.5 Å². The molecular weight excluding hydrogens is 278 g/mol. The molecule has 104 valence electrons. The lowest BCUT2D eigenvalue weighted by Gasteiger charge is -2.13. The number of rotatable bonds is 3. The van der Waals surface area contributed by atoms with Gasteiger partial charge >= 0.3 is 5.97 Å². The first-order valence-electron chi connectivity index (χ1n) is 5.95. The first-order valence-corrected chi connectivity index (χ1v) is 6.33. The summed E-state index contributed by atoms with van der Waals surface area (Å²) in [5.41, 5.74) is 2.57. The van der Waals surface area contributed by atoms with Gasteiger partial charge in [-0.25, -0.2) is 4.79 Å². The molecule has 0 N–H and O–H groups in total. The van der Waals surface area contributed by atoms with Crippen LogP contribution < -0.4 is 4.74 Å². The highest BCUT2D eigenvalue weighted by atomic mass is 35.5. The molecule has 0 atom stereocenters. The normalized spacial score (nSPS) is 10.2. The number of methoxy groups -OCH3 is 2. The van der Waals surface area contributed by atoms with Crippen LogP contribution in [0.5, 0.6) is 5.75 Å². The van der Waals surface area contributed by atoms with Gasteiger partial charge in [0.2, 0.25) is 0 Å². The number of hydrogen-bond acceptors (Lipinski definition) is 4. The Morgan fingerprint density at radius 2 is 1.95 bits per heavy atom. The highest BCUT2D eigenvalue weighted by Gasteiger charge is 2.17. The third-order valence-electron chi connectivity index (χ3n) is 2.90. The summed E-state index contributed by atoms with van der Waals surface area (Å²) in [4.78, 5) is 16.0. The van der Waals surface area contributed by atoms with Gasteiger partial charge in [0.15, 0.2) is 0 Å². The number of carbonyl (C=O) groups is 1. The van der Waals surface area contributed by atoms with Gasteiger partial charge in [0, 0.05) is 28.0 Å². The van der Waals surface area contributed by atoms with Gasteiger partial charge in [0.25, 0.3) is 0 Å². The minimum Gasteiger partial charge on any atom is -0.496 e. The number of aromatic nitrogens is 1. The summed E-state index contributed by atoms with van der Waals surface area (Å²) >= 11 is 6.04. The van der Waals surface area contributed by atoms with E-state index in [1.165, 1.54) is 13.3 Å². The largest absolute Gasteiger partial charge is 0.496 e. The monoisotopic (exact) mass is 291 g/mol. The number of aryl methyl sites for hydroxylation is 1. The van der Waals surface area contributed by atoms with Gasteiger partial charge in [-0.15, -0.1) is 0 Å². The molecule has 0 saturated heterocycles. The number of benzene rings is 1. The fourth-order valence-corrected chi connectivity index (χ4v) is 2.12. The van der Waals surface area contributed by atoms with Gasteiger partial charge in [-0.3, -0.25) is 4.98 Å². The Bertz CT molecular complexity index is 656. The van der Waals surface area contributed by atoms with Crippen LogP contribution in [0.2, 0.25) is 5.02 Å². The van der Waals surface area contributed by atoms with Crippen LogP contribution >= 0.6 is 11.6 Å². The van der Waals surface area contributed by atoms with Crippen LogP contribution in [0.3, 0.4) is 0 Å². The first kappa shape index (κ1) is 14.3. The van der Waals surface area contributed by atoms with Crippen molar-refractivity contribution in [3.8, 4) is 16.9 Å². The Kier molecular flexibility index (Phi) is 4.25. The summed E-state index contributed by atoms with van der Waals surface area (Å²) in [7, 11) is 2.90. The smallest absolute Gasteiger partial charge is 0.340 e. The molecule has 0 saturated carbocycles. The molecule has 1 heterocycles. The number of pyridine rings is 1. The van der Waals surface area contributed by atoms with Gasteiger partial charge < -0.3 is 9.47 Å². The van der Waals surface area contributed by atoms with Crippen LogP contribution in [0.25, 0.3) is 11.1 Å². The molecule has 20 heavy (non-hydrogen) atoms. The molecule has 0 bridgehead atoms. The molecule has 4 nitrogen and oxygen atoms in total. The molecule has 0 aliphatic heterocycles. The van der Waals surface area contributed by atoms with Crippen molar-refractivity contribution in [2.75, 3.05) is 14.2 Å². The number of halogens is 1. The lowest BCUT2D eigenvalue weighted by molar-refractivity contribution is 0.0601. The predicted octanol–water partition coefficient (Wildman–Crippen LogP) is 3.51. The molecule has 5 heteroatoms. The second kappa shape index (κ2) is 5.92. The molecular formula is C15H14ClNO3. The lowest BCUT2D eigenvalue weighted by Crippen LogP contribution is -2.05. The summed E-state index contributed by atoms with van der Waals surface area (Å²) in [6, 6.07) is 7.05. The maximum absolute atomic E-state index is 11.9. The fraction of sp³-hybridized carbons (Fsp3) is 0.200. The summed E-state index contributed by atoms with van der Waals surface area (Å²) in [5.74, 6) is 0.180. The van der Waals surface area contributed by atoms with E-state index in [1.807, 2.05) is 6.92 Å². The van der Waals surface area contributed by atoms with Crippen LogP contribution in [-0.4, -0.2) is 25.2 Å². The first-order chi connectivity index (χ1) is 9.56. The Labute approximate surface area is 122 Å².